The van der Waals surface area contributed by atoms with Crippen LogP contribution in [0.1, 0.15) is 49.9 Å². The lowest BCUT2D eigenvalue weighted by Gasteiger charge is -2.31. The molecule has 2 heterocycles. The molecule has 0 aromatic heterocycles. The Kier molecular flexibility index (Phi) is 5.39. The Balaban J connectivity index is 0.00000240. The number of aliphatic carboxylic acids is 1. The number of hydrogen-bond donors (Lipinski definition) is 0. The summed E-state index contributed by atoms with van der Waals surface area (Å²) in [6.07, 6.45) is 1.45. The minimum atomic E-state index is -1.25. The molecular formula is C23H25ClNO4-. The van der Waals surface area contributed by atoms with Gasteiger partial charge in [0.15, 0.2) is 11.5 Å². The van der Waals surface area contributed by atoms with Crippen LogP contribution in [-0.2, 0) is 17.6 Å². The molecule has 0 N–H and O–H groups in total. The van der Waals surface area contributed by atoms with Crippen molar-refractivity contribution in [1.82, 2.24) is 0 Å². The summed E-state index contributed by atoms with van der Waals surface area (Å²) < 4.78 is 11.7. The normalized spacial score (nSPS) is 17.9. The maximum absolute atomic E-state index is 10.9. The van der Waals surface area contributed by atoms with Crippen molar-refractivity contribution >= 4 is 24.1 Å². The van der Waals surface area contributed by atoms with Crippen LogP contribution in [0.2, 0.25) is 0 Å². The SMILES string of the molecule is CC1(C)Cc2cc(OCC(=O)[O-])c3c(c2C(c2ccccc2)=N1)CC(C)(C)O3.Cl. The zero-order chi connectivity index (χ0) is 20.1. The number of carboxylic acids is 1. The third-order valence-corrected chi connectivity index (χ3v) is 5.07. The zero-order valence-corrected chi connectivity index (χ0v) is 17.9. The molecule has 2 aliphatic rings. The van der Waals surface area contributed by atoms with E-state index < -0.39 is 18.2 Å². The number of carbonyl (C=O) groups excluding carboxylic acids is 1. The standard InChI is InChI=1S/C23H25NO4.ClH/c1-22(2)11-15-10-17(27-13-18(25)26)21-16(12-23(3,4)28-21)19(15)20(24-22)14-8-6-5-7-9-14;/h5-10H,11-13H2,1-4H3,(H,25,26);1H/p-1. The highest BCUT2D eigenvalue weighted by atomic mass is 35.5. The number of halogens is 1. The number of carbonyl (C=O) groups is 1. The predicted octanol–water partition coefficient (Wildman–Crippen LogP) is 3.12. The van der Waals surface area contributed by atoms with Gasteiger partial charge in [-0.25, -0.2) is 0 Å². The number of hydrogen-bond acceptors (Lipinski definition) is 5. The minimum Gasteiger partial charge on any atom is -0.546 e. The maximum Gasteiger partial charge on any atom is 0.166 e. The Morgan fingerprint density at radius 2 is 1.86 bits per heavy atom. The van der Waals surface area contributed by atoms with Gasteiger partial charge in [0.05, 0.1) is 17.2 Å². The van der Waals surface area contributed by atoms with Crippen LogP contribution >= 0.6 is 12.4 Å². The molecule has 0 amide bonds. The summed E-state index contributed by atoms with van der Waals surface area (Å²) >= 11 is 0. The molecule has 0 atom stereocenters. The highest BCUT2D eigenvalue weighted by molar-refractivity contribution is 6.16. The molecule has 0 aliphatic carbocycles. The number of carboxylic acid groups (broad SMARTS) is 1. The lowest BCUT2D eigenvalue weighted by molar-refractivity contribution is -0.307. The van der Waals surface area contributed by atoms with Crippen LogP contribution < -0.4 is 14.6 Å². The fourth-order valence-electron chi connectivity index (χ4n) is 4.12. The number of fused-ring (bicyclic) bond motifs is 3. The van der Waals surface area contributed by atoms with Gasteiger partial charge in [-0.2, -0.15) is 0 Å². The van der Waals surface area contributed by atoms with Crippen molar-refractivity contribution in [2.24, 2.45) is 4.99 Å². The molecule has 0 radical (unpaired) electrons. The van der Waals surface area contributed by atoms with Crippen LogP contribution in [0.15, 0.2) is 41.4 Å². The van der Waals surface area contributed by atoms with Gasteiger partial charge in [-0.3, -0.25) is 4.99 Å². The summed E-state index contributed by atoms with van der Waals surface area (Å²) in [5, 5.41) is 10.9. The molecular weight excluding hydrogens is 390 g/mol. The molecule has 6 heteroatoms. The van der Waals surface area contributed by atoms with E-state index in [9.17, 15) is 9.90 Å². The van der Waals surface area contributed by atoms with E-state index in [1.807, 2.05) is 38.1 Å². The summed E-state index contributed by atoms with van der Waals surface area (Å²) in [5.41, 5.74) is 4.58. The van der Waals surface area contributed by atoms with Crippen molar-refractivity contribution in [3.05, 3.63) is 58.7 Å². The molecule has 0 spiro atoms. The summed E-state index contributed by atoms with van der Waals surface area (Å²) in [5.74, 6) is -0.169. The molecule has 0 unspecified atom stereocenters. The van der Waals surface area contributed by atoms with Gasteiger partial charge in [-0.15, -0.1) is 12.4 Å². The van der Waals surface area contributed by atoms with Crippen molar-refractivity contribution < 1.29 is 19.4 Å². The Bertz CT molecular complexity index is 980. The summed E-state index contributed by atoms with van der Waals surface area (Å²) in [6.45, 7) is 7.75. The Morgan fingerprint density at radius 1 is 1.17 bits per heavy atom. The summed E-state index contributed by atoms with van der Waals surface area (Å²) in [4.78, 5) is 16.0. The lowest BCUT2D eigenvalue weighted by Crippen LogP contribution is -2.31. The van der Waals surface area contributed by atoms with Crippen LogP contribution in [0.25, 0.3) is 0 Å². The highest BCUT2D eigenvalue weighted by Gasteiger charge is 2.39. The van der Waals surface area contributed by atoms with E-state index in [0.717, 1.165) is 34.4 Å². The number of aliphatic imine (C=N–C) groups is 1. The first-order valence-electron chi connectivity index (χ1n) is 9.51. The first-order valence-corrected chi connectivity index (χ1v) is 9.51. The molecule has 0 fully saturated rings. The van der Waals surface area contributed by atoms with Gasteiger partial charge in [-0.05, 0) is 45.7 Å². The number of nitrogens with zero attached hydrogens (tertiary/aromatic N) is 1. The van der Waals surface area contributed by atoms with Crippen LogP contribution in [-0.4, -0.2) is 29.4 Å². The molecule has 0 saturated heterocycles. The third kappa shape index (κ3) is 4.10. The van der Waals surface area contributed by atoms with Gasteiger partial charge in [0.2, 0.25) is 0 Å². The quantitative estimate of drug-likeness (QED) is 0.770. The fraction of sp³-hybridized carbons (Fsp3) is 0.391. The smallest absolute Gasteiger partial charge is 0.166 e. The topological polar surface area (TPSA) is 71.0 Å². The molecule has 0 saturated carbocycles. The first kappa shape index (κ1) is 21.2. The van der Waals surface area contributed by atoms with E-state index in [2.05, 4.69) is 26.0 Å². The Labute approximate surface area is 177 Å². The van der Waals surface area contributed by atoms with Crippen molar-refractivity contribution in [2.45, 2.75) is 51.7 Å². The average molecular weight is 415 g/mol. The van der Waals surface area contributed by atoms with Crippen molar-refractivity contribution in [1.29, 1.82) is 0 Å². The van der Waals surface area contributed by atoms with Crippen LogP contribution in [0.4, 0.5) is 0 Å². The molecule has 2 aliphatic heterocycles. The van der Waals surface area contributed by atoms with Gasteiger partial charge in [0.25, 0.3) is 0 Å². The lowest BCUT2D eigenvalue weighted by atomic mass is 9.81. The van der Waals surface area contributed by atoms with Crippen molar-refractivity contribution in [2.75, 3.05) is 6.61 Å². The van der Waals surface area contributed by atoms with Crippen LogP contribution in [0.5, 0.6) is 11.5 Å². The third-order valence-electron chi connectivity index (χ3n) is 5.07. The van der Waals surface area contributed by atoms with Gasteiger partial charge in [0, 0.05) is 23.1 Å². The van der Waals surface area contributed by atoms with E-state index in [4.69, 9.17) is 14.5 Å². The Hall–Kier alpha value is -2.53. The van der Waals surface area contributed by atoms with Gasteiger partial charge >= 0.3 is 0 Å². The molecule has 154 valence electrons. The molecule has 4 rings (SSSR count). The number of benzene rings is 2. The second-order valence-corrected chi connectivity index (χ2v) is 8.73. The van der Waals surface area contributed by atoms with Crippen LogP contribution in [0, 0.1) is 0 Å². The van der Waals surface area contributed by atoms with Crippen LogP contribution in [0.3, 0.4) is 0 Å². The van der Waals surface area contributed by atoms with E-state index in [1.54, 1.807) is 0 Å². The van der Waals surface area contributed by atoms with Gasteiger partial charge in [0.1, 0.15) is 12.2 Å². The van der Waals surface area contributed by atoms with Gasteiger partial charge < -0.3 is 19.4 Å². The monoisotopic (exact) mass is 414 g/mol. The summed E-state index contributed by atoms with van der Waals surface area (Å²) in [7, 11) is 0. The highest BCUT2D eigenvalue weighted by Crippen LogP contribution is 2.47. The van der Waals surface area contributed by atoms with E-state index >= 15 is 0 Å². The largest absolute Gasteiger partial charge is 0.546 e. The van der Waals surface area contributed by atoms with Crippen molar-refractivity contribution in [3.8, 4) is 11.5 Å². The minimum absolute atomic E-state index is 0. The molecule has 2 aromatic carbocycles. The van der Waals surface area contributed by atoms with E-state index in [-0.39, 0.29) is 17.9 Å². The molecule has 0 bridgehead atoms. The second kappa shape index (κ2) is 7.38. The Morgan fingerprint density at radius 3 is 2.52 bits per heavy atom. The van der Waals surface area contributed by atoms with E-state index in [1.165, 1.54) is 0 Å². The van der Waals surface area contributed by atoms with Gasteiger partial charge in [-0.1, -0.05) is 30.3 Å². The molecule has 5 nitrogen and oxygen atoms in total. The molecule has 2 aromatic rings. The number of rotatable bonds is 4. The second-order valence-electron chi connectivity index (χ2n) is 8.73. The summed E-state index contributed by atoms with van der Waals surface area (Å²) in [6, 6.07) is 12.1. The van der Waals surface area contributed by atoms with E-state index in [0.29, 0.717) is 17.9 Å². The average Bonchev–Trinajstić information content (AvgIpc) is 2.93. The zero-order valence-electron chi connectivity index (χ0n) is 17.1. The predicted molar refractivity (Wildman–Crippen MR) is 112 cm³/mol. The van der Waals surface area contributed by atoms with Crippen molar-refractivity contribution in [3.63, 3.8) is 0 Å². The maximum atomic E-state index is 10.9. The first-order chi connectivity index (χ1) is 13.2. The number of ether oxygens (including phenoxy) is 2. The fourth-order valence-corrected chi connectivity index (χ4v) is 4.12. The molecule has 29 heavy (non-hydrogen) atoms.